The van der Waals surface area contributed by atoms with Crippen LogP contribution in [-0.4, -0.2) is 18.6 Å². The second-order valence-electron chi connectivity index (χ2n) is 7.25. The number of anilines is 1. The first-order valence-electron chi connectivity index (χ1n) is 9.08. The van der Waals surface area contributed by atoms with E-state index >= 15 is 0 Å². The first kappa shape index (κ1) is 18.5. The molecule has 4 heteroatoms. The Hall–Kier alpha value is -2.33. The van der Waals surface area contributed by atoms with Crippen molar-refractivity contribution in [2.45, 2.75) is 45.8 Å². The van der Waals surface area contributed by atoms with Gasteiger partial charge in [-0.05, 0) is 68.4 Å². The fourth-order valence-corrected chi connectivity index (χ4v) is 3.31. The van der Waals surface area contributed by atoms with E-state index in [-0.39, 0.29) is 5.91 Å². The van der Waals surface area contributed by atoms with Gasteiger partial charge in [0.1, 0.15) is 18.0 Å². The van der Waals surface area contributed by atoms with Gasteiger partial charge in [-0.25, -0.2) is 0 Å². The first-order chi connectivity index (χ1) is 12.4. The Labute approximate surface area is 155 Å². The second kappa shape index (κ2) is 7.50. The maximum absolute atomic E-state index is 12.7. The zero-order valence-corrected chi connectivity index (χ0v) is 16.0. The molecule has 1 N–H and O–H groups in total. The van der Waals surface area contributed by atoms with Gasteiger partial charge < -0.3 is 14.8 Å². The van der Waals surface area contributed by atoms with Crippen molar-refractivity contribution >= 4 is 11.6 Å². The van der Waals surface area contributed by atoms with E-state index in [0.717, 1.165) is 41.0 Å². The van der Waals surface area contributed by atoms with Crippen LogP contribution in [0.3, 0.4) is 0 Å². The fourth-order valence-electron chi connectivity index (χ4n) is 3.31. The summed E-state index contributed by atoms with van der Waals surface area (Å²) in [5.74, 6) is 1.09. The number of methoxy groups -OCH3 is 1. The van der Waals surface area contributed by atoms with Crippen LogP contribution in [0, 0.1) is 19.8 Å². The van der Waals surface area contributed by atoms with Crippen molar-refractivity contribution in [3.63, 3.8) is 0 Å². The molecule has 0 radical (unpaired) electrons. The minimum atomic E-state index is -0.760. The molecule has 0 heterocycles. The van der Waals surface area contributed by atoms with Crippen molar-refractivity contribution in [3.8, 4) is 5.75 Å². The van der Waals surface area contributed by atoms with Crippen molar-refractivity contribution in [2.75, 3.05) is 12.4 Å². The monoisotopic (exact) mass is 353 g/mol. The Balaban J connectivity index is 1.71. The molecule has 3 rings (SSSR count). The van der Waals surface area contributed by atoms with Gasteiger partial charge in [0.15, 0.2) is 0 Å². The molecule has 0 unspecified atom stereocenters. The van der Waals surface area contributed by atoms with Gasteiger partial charge in [0.25, 0.3) is 5.91 Å². The van der Waals surface area contributed by atoms with Gasteiger partial charge in [-0.2, -0.15) is 0 Å². The summed E-state index contributed by atoms with van der Waals surface area (Å²) in [6.45, 7) is 6.40. The van der Waals surface area contributed by atoms with E-state index in [1.165, 1.54) is 0 Å². The van der Waals surface area contributed by atoms with Gasteiger partial charge in [-0.1, -0.05) is 30.3 Å². The molecule has 1 aliphatic rings. The Morgan fingerprint density at radius 3 is 2.31 bits per heavy atom. The highest BCUT2D eigenvalue weighted by Gasteiger charge is 2.47. The average Bonchev–Trinajstić information content (AvgIpc) is 3.46. The molecule has 1 saturated carbocycles. The lowest BCUT2D eigenvalue weighted by atomic mass is 9.98. The molecule has 1 amide bonds. The van der Waals surface area contributed by atoms with E-state index in [4.69, 9.17) is 9.47 Å². The van der Waals surface area contributed by atoms with Crippen LogP contribution in [0.25, 0.3) is 0 Å². The number of nitrogens with one attached hydrogen (secondary N) is 1. The molecule has 0 aromatic heterocycles. The Kier molecular flexibility index (Phi) is 5.33. The summed E-state index contributed by atoms with van der Waals surface area (Å²) in [7, 11) is 1.61. The highest BCUT2D eigenvalue weighted by atomic mass is 16.5. The highest BCUT2D eigenvalue weighted by molar-refractivity contribution is 5.97. The molecular formula is C22H27NO3. The maximum atomic E-state index is 12.7. The average molecular weight is 353 g/mol. The summed E-state index contributed by atoms with van der Waals surface area (Å²) < 4.78 is 11.5. The third-order valence-electron chi connectivity index (χ3n) is 5.18. The molecule has 0 spiro atoms. The third kappa shape index (κ3) is 3.91. The van der Waals surface area contributed by atoms with Crippen LogP contribution in [0.2, 0.25) is 0 Å². The standard InChI is InChI=1S/C22H27NO3/c1-15-12-19(23-21(24)22(3,25-4)18-10-11-18)13-16(2)20(15)26-14-17-8-6-5-7-9-17/h5-9,12-13,18H,10-11,14H2,1-4H3,(H,23,24)/t22-/m1/s1. The molecule has 1 fully saturated rings. The number of benzene rings is 2. The van der Waals surface area contributed by atoms with Gasteiger partial charge in [0, 0.05) is 12.8 Å². The normalized spacial score (nSPS) is 16.0. The first-order valence-corrected chi connectivity index (χ1v) is 9.08. The third-order valence-corrected chi connectivity index (χ3v) is 5.18. The van der Waals surface area contributed by atoms with Crippen LogP contribution in [-0.2, 0) is 16.1 Å². The van der Waals surface area contributed by atoms with Crippen molar-refractivity contribution in [3.05, 3.63) is 59.2 Å². The lowest BCUT2D eigenvalue weighted by molar-refractivity contribution is -0.138. The Morgan fingerprint density at radius 1 is 1.15 bits per heavy atom. The van der Waals surface area contributed by atoms with Crippen molar-refractivity contribution < 1.29 is 14.3 Å². The minimum absolute atomic E-state index is 0.0840. The van der Waals surface area contributed by atoms with E-state index in [0.29, 0.717) is 12.5 Å². The van der Waals surface area contributed by atoms with Crippen LogP contribution in [0.15, 0.2) is 42.5 Å². The SMILES string of the molecule is CO[C@@](C)(C(=O)Nc1cc(C)c(OCc2ccccc2)c(C)c1)C1CC1. The molecular weight excluding hydrogens is 326 g/mol. The molecule has 1 aliphatic carbocycles. The maximum Gasteiger partial charge on any atom is 0.256 e. The topological polar surface area (TPSA) is 47.6 Å². The van der Waals surface area contributed by atoms with E-state index < -0.39 is 5.60 Å². The lowest BCUT2D eigenvalue weighted by Gasteiger charge is -2.27. The zero-order chi connectivity index (χ0) is 18.7. The summed E-state index contributed by atoms with van der Waals surface area (Å²) in [5, 5.41) is 3.02. The van der Waals surface area contributed by atoms with Crippen molar-refractivity contribution in [2.24, 2.45) is 5.92 Å². The molecule has 2 aromatic rings. The number of rotatable bonds is 7. The molecule has 1 atom stereocenters. The highest BCUT2D eigenvalue weighted by Crippen LogP contribution is 2.42. The summed E-state index contributed by atoms with van der Waals surface area (Å²) >= 11 is 0. The van der Waals surface area contributed by atoms with Crippen LogP contribution < -0.4 is 10.1 Å². The lowest BCUT2D eigenvalue weighted by Crippen LogP contribution is -2.44. The zero-order valence-electron chi connectivity index (χ0n) is 16.0. The molecule has 26 heavy (non-hydrogen) atoms. The van der Waals surface area contributed by atoms with Gasteiger partial charge in [-0.3, -0.25) is 4.79 Å². The minimum Gasteiger partial charge on any atom is -0.488 e. The second-order valence-corrected chi connectivity index (χ2v) is 7.25. The predicted molar refractivity (Wildman–Crippen MR) is 103 cm³/mol. The fraction of sp³-hybridized carbons (Fsp3) is 0.409. The van der Waals surface area contributed by atoms with E-state index in [1.807, 2.05) is 63.2 Å². The number of aryl methyl sites for hydroxylation is 2. The number of hydrogen-bond acceptors (Lipinski definition) is 3. The van der Waals surface area contributed by atoms with Gasteiger partial charge >= 0.3 is 0 Å². The molecule has 4 nitrogen and oxygen atoms in total. The predicted octanol–water partition coefficient (Wildman–Crippen LogP) is 4.64. The molecule has 0 aliphatic heterocycles. The van der Waals surface area contributed by atoms with Gasteiger partial charge in [-0.15, -0.1) is 0 Å². The number of carbonyl (C=O) groups excluding carboxylic acids is 1. The molecule has 2 aromatic carbocycles. The summed E-state index contributed by atoms with van der Waals surface area (Å²) in [4.78, 5) is 12.7. The quantitative estimate of drug-likeness (QED) is 0.789. The Bertz CT molecular complexity index is 760. The van der Waals surface area contributed by atoms with Crippen LogP contribution in [0.5, 0.6) is 5.75 Å². The number of ether oxygens (including phenoxy) is 2. The molecule has 138 valence electrons. The molecule has 0 saturated heterocycles. The number of carbonyl (C=O) groups is 1. The van der Waals surface area contributed by atoms with Crippen LogP contribution in [0.4, 0.5) is 5.69 Å². The largest absolute Gasteiger partial charge is 0.488 e. The van der Waals surface area contributed by atoms with Crippen molar-refractivity contribution in [1.82, 2.24) is 0 Å². The molecule has 0 bridgehead atoms. The van der Waals surface area contributed by atoms with Crippen molar-refractivity contribution in [1.29, 1.82) is 0 Å². The van der Waals surface area contributed by atoms with Crippen LogP contribution in [0.1, 0.15) is 36.5 Å². The Morgan fingerprint density at radius 2 is 1.77 bits per heavy atom. The van der Waals surface area contributed by atoms with E-state index in [1.54, 1.807) is 7.11 Å². The van der Waals surface area contributed by atoms with Gasteiger partial charge in [0.05, 0.1) is 0 Å². The summed E-state index contributed by atoms with van der Waals surface area (Å²) in [6.07, 6.45) is 2.09. The summed E-state index contributed by atoms with van der Waals surface area (Å²) in [5.41, 5.74) is 3.15. The van der Waals surface area contributed by atoms with Crippen LogP contribution >= 0.6 is 0 Å². The summed E-state index contributed by atoms with van der Waals surface area (Å²) in [6, 6.07) is 14.0. The number of hydrogen-bond donors (Lipinski definition) is 1. The van der Waals surface area contributed by atoms with Gasteiger partial charge in [0.2, 0.25) is 0 Å². The number of amides is 1. The smallest absolute Gasteiger partial charge is 0.256 e. The van der Waals surface area contributed by atoms with E-state index in [2.05, 4.69) is 5.32 Å². The van der Waals surface area contributed by atoms with E-state index in [9.17, 15) is 4.79 Å².